The predicted octanol–water partition coefficient (Wildman–Crippen LogP) is 3.18. The van der Waals surface area contributed by atoms with E-state index in [4.69, 9.17) is 5.11 Å². The quantitative estimate of drug-likeness (QED) is 0.905. The molecule has 1 N–H and O–H groups in total. The summed E-state index contributed by atoms with van der Waals surface area (Å²) in [4.78, 5) is 10.6. The maximum absolute atomic E-state index is 12.4. The van der Waals surface area contributed by atoms with Gasteiger partial charge in [-0.15, -0.1) is 0 Å². The molecule has 0 aliphatic heterocycles. The second kappa shape index (κ2) is 4.22. The fourth-order valence-corrected chi connectivity index (χ4v) is 1.67. The number of hydrogen-bond donors (Lipinski definition) is 1. The Morgan fingerprint density at radius 1 is 1.33 bits per heavy atom. The number of benzene rings is 1. The van der Waals surface area contributed by atoms with Gasteiger partial charge in [0.1, 0.15) is 0 Å². The molecule has 0 saturated carbocycles. The maximum Gasteiger partial charge on any atom is 0.406 e. The van der Waals surface area contributed by atoms with Crippen molar-refractivity contribution in [2.75, 3.05) is 0 Å². The lowest BCUT2D eigenvalue weighted by Gasteiger charge is -2.17. The lowest BCUT2D eigenvalue weighted by atomic mass is 9.99. The standard InChI is InChI=1S/C9H6BrF3O2/c10-6-4-2-1-3-5(6)7(8(14)15)9(11,12)13/h1-4,7H,(H,14,15). The van der Waals surface area contributed by atoms with Gasteiger partial charge < -0.3 is 5.11 Å². The van der Waals surface area contributed by atoms with Crippen LogP contribution in [0.3, 0.4) is 0 Å². The molecule has 1 aromatic rings. The summed E-state index contributed by atoms with van der Waals surface area (Å²) in [6.45, 7) is 0. The molecule has 0 heterocycles. The first-order valence-electron chi connectivity index (χ1n) is 3.88. The maximum atomic E-state index is 12.4. The molecule has 0 aliphatic rings. The van der Waals surface area contributed by atoms with Crippen molar-refractivity contribution in [2.45, 2.75) is 12.1 Å². The number of rotatable bonds is 2. The monoisotopic (exact) mass is 282 g/mol. The molecule has 1 aromatic carbocycles. The summed E-state index contributed by atoms with van der Waals surface area (Å²) in [5.41, 5.74) is -0.294. The van der Waals surface area contributed by atoms with Crippen LogP contribution in [-0.2, 0) is 4.79 Å². The summed E-state index contributed by atoms with van der Waals surface area (Å²) in [5.74, 6) is -4.40. The van der Waals surface area contributed by atoms with Crippen molar-refractivity contribution in [3.8, 4) is 0 Å². The Balaban J connectivity index is 3.23. The lowest BCUT2D eigenvalue weighted by Crippen LogP contribution is -2.28. The smallest absolute Gasteiger partial charge is 0.406 e. The first-order chi connectivity index (χ1) is 6.84. The van der Waals surface area contributed by atoms with Gasteiger partial charge in [0.05, 0.1) is 0 Å². The van der Waals surface area contributed by atoms with Crippen LogP contribution in [0.5, 0.6) is 0 Å². The molecule has 0 aliphatic carbocycles. The van der Waals surface area contributed by atoms with Gasteiger partial charge in [-0.3, -0.25) is 4.79 Å². The number of alkyl halides is 3. The van der Waals surface area contributed by atoms with Crippen LogP contribution in [-0.4, -0.2) is 17.3 Å². The molecule has 1 rings (SSSR count). The number of carboxylic acids is 1. The number of carboxylic acid groups (broad SMARTS) is 1. The number of halogens is 4. The highest BCUT2D eigenvalue weighted by molar-refractivity contribution is 9.10. The Hall–Kier alpha value is -1.04. The number of hydrogen-bond acceptors (Lipinski definition) is 1. The fraction of sp³-hybridized carbons (Fsp3) is 0.222. The summed E-state index contributed by atoms with van der Waals surface area (Å²) in [5, 5.41) is 8.55. The Bertz CT molecular complexity index is 376. The van der Waals surface area contributed by atoms with E-state index in [9.17, 15) is 18.0 Å². The van der Waals surface area contributed by atoms with Crippen LogP contribution in [0.4, 0.5) is 13.2 Å². The Morgan fingerprint density at radius 2 is 1.87 bits per heavy atom. The van der Waals surface area contributed by atoms with E-state index >= 15 is 0 Å². The van der Waals surface area contributed by atoms with E-state index in [1.165, 1.54) is 18.2 Å². The minimum Gasteiger partial charge on any atom is -0.481 e. The van der Waals surface area contributed by atoms with Crippen LogP contribution in [0.25, 0.3) is 0 Å². The van der Waals surface area contributed by atoms with Crippen LogP contribution < -0.4 is 0 Å². The van der Waals surface area contributed by atoms with Crippen molar-refractivity contribution in [2.24, 2.45) is 0 Å². The van der Waals surface area contributed by atoms with E-state index in [-0.39, 0.29) is 10.0 Å². The third-order valence-corrected chi connectivity index (χ3v) is 2.51. The summed E-state index contributed by atoms with van der Waals surface area (Å²) in [7, 11) is 0. The number of aliphatic carboxylic acids is 1. The van der Waals surface area contributed by atoms with E-state index in [1.54, 1.807) is 0 Å². The molecule has 82 valence electrons. The summed E-state index contributed by atoms with van der Waals surface area (Å²) >= 11 is 2.89. The van der Waals surface area contributed by atoms with E-state index < -0.39 is 18.1 Å². The van der Waals surface area contributed by atoms with Crippen molar-refractivity contribution in [1.82, 2.24) is 0 Å². The van der Waals surface area contributed by atoms with E-state index in [0.29, 0.717) is 0 Å². The average molecular weight is 283 g/mol. The van der Waals surface area contributed by atoms with Gasteiger partial charge in [0, 0.05) is 4.47 Å². The van der Waals surface area contributed by atoms with E-state index in [1.807, 2.05) is 0 Å². The van der Waals surface area contributed by atoms with Gasteiger partial charge in [-0.25, -0.2) is 0 Å². The van der Waals surface area contributed by atoms with Crippen LogP contribution in [0.1, 0.15) is 11.5 Å². The molecule has 2 nitrogen and oxygen atoms in total. The van der Waals surface area contributed by atoms with Gasteiger partial charge in [0.25, 0.3) is 0 Å². The minimum absolute atomic E-state index is 0.134. The third kappa shape index (κ3) is 2.71. The summed E-state index contributed by atoms with van der Waals surface area (Å²) < 4.78 is 37.4. The van der Waals surface area contributed by atoms with Crippen molar-refractivity contribution in [3.63, 3.8) is 0 Å². The lowest BCUT2D eigenvalue weighted by molar-refractivity contribution is -0.176. The molecule has 0 radical (unpaired) electrons. The first-order valence-corrected chi connectivity index (χ1v) is 4.67. The van der Waals surface area contributed by atoms with Crippen molar-refractivity contribution in [3.05, 3.63) is 34.3 Å². The Kier molecular flexibility index (Phi) is 3.38. The highest BCUT2D eigenvalue weighted by Crippen LogP contribution is 2.38. The van der Waals surface area contributed by atoms with Gasteiger partial charge in [0.2, 0.25) is 0 Å². The van der Waals surface area contributed by atoms with E-state index in [2.05, 4.69) is 15.9 Å². The molecule has 0 saturated heterocycles. The molecule has 0 spiro atoms. The van der Waals surface area contributed by atoms with Crippen molar-refractivity contribution < 1.29 is 23.1 Å². The van der Waals surface area contributed by atoms with Gasteiger partial charge >= 0.3 is 12.1 Å². The van der Waals surface area contributed by atoms with Crippen LogP contribution in [0, 0.1) is 0 Å². The van der Waals surface area contributed by atoms with Crippen LogP contribution in [0.2, 0.25) is 0 Å². The molecule has 6 heteroatoms. The van der Waals surface area contributed by atoms with Gasteiger partial charge in [-0.05, 0) is 11.6 Å². The third-order valence-electron chi connectivity index (χ3n) is 1.79. The zero-order valence-electron chi connectivity index (χ0n) is 7.25. The summed E-state index contributed by atoms with van der Waals surface area (Å²) in [6.07, 6.45) is -4.80. The topological polar surface area (TPSA) is 37.3 Å². The second-order valence-electron chi connectivity index (χ2n) is 2.83. The molecule has 0 bridgehead atoms. The molecule has 1 unspecified atom stereocenters. The second-order valence-corrected chi connectivity index (χ2v) is 3.69. The molecule has 0 amide bonds. The van der Waals surface area contributed by atoms with E-state index in [0.717, 1.165) is 6.07 Å². The highest BCUT2D eigenvalue weighted by atomic mass is 79.9. The highest BCUT2D eigenvalue weighted by Gasteiger charge is 2.46. The Morgan fingerprint density at radius 3 is 2.27 bits per heavy atom. The molecule has 0 aromatic heterocycles. The van der Waals surface area contributed by atoms with Crippen LogP contribution in [0.15, 0.2) is 28.7 Å². The minimum atomic E-state index is -4.80. The van der Waals surface area contributed by atoms with Gasteiger partial charge in [0.15, 0.2) is 5.92 Å². The summed E-state index contributed by atoms with van der Waals surface area (Å²) in [6, 6.07) is 5.39. The molecule has 1 atom stereocenters. The largest absolute Gasteiger partial charge is 0.481 e. The zero-order valence-corrected chi connectivity index (χ0v) is 8.84. The molecule has 15 heavy (non-hydrogen) atoms. The van der Waals surface area contributed by atoms with Crippen LogP contribution >= 0.6 is 15.9 Å². The Labute approximate surface area is 91.8 Å². The van der Waals surface area contributed by atoms with Gasteiger partial charge in [-0.1, -0.05) is 34.1 Å². The fourth-order valence-electron chi connectivity index (χ4n) is 1.16. The predicted molar refractivity (Wildman–Crippen MR) is 50.6 cm³/mol. The van der Waals surface area contributed by atoms with Crippen molar-refractivity contribution in [1.29, 1.82) is 0 Å². The zero-order chi connectivity index (χ0) is 11.6. The average Bonchev–Trinajstić information content (AvgIpc) is 2.05. The number of carbonyl (C=O) groups is 1. The molecule has 0 fully saturated rings. The van der Waals surface area contributed by atoms with Gasteiger partial charge in [-0.2, -0.15) is 13.2 Å². The SMILES string of the molecule is O=C(O)C(c1ccccc1Br)C(F)(F)F. The molecular weight excluding hydrogens is 277 g/mol. The molecular formula is C9H6BrF3O2. The first kappa shape index (κ1) is 12.0. The normalized spacial score (nSPS) is 13.6. The van der Waals surface area contributed by atoms with Crippen molar-refractivity contribution >= 4 is 21.9 Å².